The Kier molecular flexibility index (Phi) is 8.13. The molecule has 1 fully saturated rings. The van der Waals surface area contributed by atoms with Crippen molar-refractivity contribution >= 4 is 23.1 Å². The van der Waals surface area contributed by atoms with Gasteiger partial charge >= 0.3 is 0 Å². The van der Waals surface area contributed by atoms with Gasteiger partial charge in [0.25, 0.3) is 0 Å². The molecule has 1 unspecified atom stereocenters. The molecule has 0 radical (unpaired) electrons. The maximum Gasteiger partial charge on any atom is 0.224 e. The number of amides is 1. The molecule has 0 aliphatic carbocycles. The Morgan fingerprint density at radius 3 is 2.45 bits per heavy atom. The smallest absolute Gasteiger partial charge is 0.224 e. The molecule has 5 rings (SSSR count). The number of carbonyl (C=O) groups excluding carboxylic acids is 1. The number of hydrogen-bond donors (Lipinski definition) is 1. The average Bonchev–Trinajstić information content (AvgIpc) is 3.46. The van der Waals surface area contributed by atoms with Crippen molar-refractivity contribution in [1.29, 1.82) is 0 Å². The van der Waals surface area contributed by atoms with E-state index in [9.17, 15) is 4.79 Å². The maximum absolute atomic E-state index is 13.0. The molecule has 0 spiro atoms. The summed E-state index contributed by atoms with van der Waals surface area (Å²) >= 11 is 1.61. The highest BCUT2D eigenvalue weighted by Gasteiger charge is 2.26. The zero-order chi connectivity index (χ0) is 26.3. The Hall–Kier alpha value is -3.98. The Morgan fingerprint density at radius 1 is 1.03 bits per heavy atom. The number of aromatic nitrogens is 3. The van der Waals surface area contributed by atoms with Crippen LogP contribution in [0, 0.1) is 5.92 Å². The third-order valence-corrected chi connectivity index (χ3v) is 7.66. The summed E-state index contributed by atoms with van der Waals surface area (Å²) in [7, 11) is 3.31. The molecular formula is C29H31N5O3S. The lowest BCUT2D eigenvalue weighted by Gasteiger charge is -2.33. The molecule has 4 aromatic rings. The predicted octanol–water partition coefficient (Wildman–Crippen LogP) is 4.86. The second-order valence-electron chi connectivity index (χ2n) is 9.19. The van der Waals surface area contributed by atoms with Crippen molar-refractivity contribution < 1.29 is 14.3 Å². The first-order valence-corrected chi connectivity index (χ1v) is 13.6. The summed E-state index contributed by atoms with van der Waals surface area (Å²) in [6, 6.07) is 17.7. The van der Waals surface area contributed by atoms with Gasteiger partial charge in [-0.3, -0.25) is 4.79 Å². The van der Waals surface area contributed by atoms with Crippen LogP contribution in [0.5, 0.6) is 11.5 Å². The van der Waals surface area contributed by atoms with Crippen LogP contribution < -0.4 is 19.7 Å². The van der Waals surface area contributed by atoms with Crippen molar-refractivity contribution in [2.75, 3.05) is 38.8 Å². The zero-order valence-corrected chi connectivity index (χ0v) is 22.4. The molecular weight excluding hydrogens is 498 g/mol. The Bertz CT molecular complexity index is 1360. The van der Waals surface area contributed by atoms with E-state index in [1.165, 1.54) is 0 Å². The summed E-state index contributed by atoms with van der Waals surface area (Å²) in [5.74, 6) is 2.49. The lowest BCUT2D eigenvalue weighted by atomic mass is 9.97. The lowest BCUT2D eigenvalue weighted by Crippen LogP contribution is -2.43. The van der Waals surface area contributed by atoms with Gasteiger partial charge in [0, 0.05) is 48.6 Å². The van der Waals surface area contributed by atoms with E-state index in [1.54, 1.807) is 31.9 Å². The summed E-state index contributed by atoms with van der Waals surface area (Å²) in [5, 5.41) is 6.15. The average molecular weight is 530 g/mol. The highest BCUT2D eigenvalue weighted by molar-refractivity contribution is 7.13. The van der Waals surface area contributed by atoms with Crippen LogP contribution in [0.1, 0.15) is 18.5 Å². The molecule has 1 aliphatic heterocycles. The summed E-state index contributed by atoms with van der Waals surface area (Å²) < 4.78 is 10.5. The number of piperidine rings is 1. The van der Waals surface area contributed by atoms with Gasteiger partial charge in [0.2, 0.25) is 5.91 Å². The number of ether oxygens (including phenoxy) is 2. The van der Waals surface area contributed by atoms with Gasteiger partial charge in [-0.25, -0.2) is 15.0 Å². The van der Waals surface area contributed by atoms with Gasteiger partial charge in [0.1, 0.15) is 28.7 Å². The molecule has 2 aromatic heterocycles. The van der Waals surface area contributed by atoms with E-state index in [1.807, 2.05) is 54.6 Å². The highest BCUT2D eigenvalue weighted by atomic mass is 32.1. The fourth-order valence-corrected chi connectivity index (χ4v) is 5.45. The van der Waals surface area contributed by atoms with Crippen LogP contribution in [-0.2, 0) is 11.2 Å². The monoisotopic (exact) mass is 529 g/mol. The van der Waals surface area contributed by atoms with Crippen LogP contribution in [0.4, 0.5) is 5.82 Å². The van der Waals surface area contributed by atoms with Crippen molar-refractivity contribution in [2.45, 2.75) is 19.3 Å². The number of thiazole rings is 1. The van der Waals surface area contributed by atoms with Crippen LogP contribution in [0.2, 0.25) is 0 Å². The van der Waals surface area contributed by atoms with E-state index < -0.39 is 0 Å². The topological polar surface area (TPSA) is 89.5 Å². The van der Waals surface area contributed by atoms with Crippen LogP contribution >= 0.6 is 11.3 Å². The number of carbonyl (C=O) groups is 1. The standard InChI is InChI=1S/C29H31N5O3S/c1-36-24-9-5-20(6-10-24)26-16-27(32-19-31-26)34-15-3-4-22(17-34)28(35)30-14-13-23-18-38-29(33-23)21-7-11-25(37-2)12-8-21/h5-12,16,18-19,22H,3-4,13-15,17H2,1-2H3,(H,30,35). The largest absolute Gasteiger partial charge is 0.497 e. The number of rotatable bonds is 9. The third-order valence-electron chi connectivity index (χ3n) is 6.72. The number of hydrogen-bond acceptors (Lipinski definition) is 8. The second-order valence-corrected chi connectivity index (χ2v) is 10.0. The number of nitrogens with one attached hydrogen (secondary N) is 1. The van der Waals surface area contributed by atoms with Crippen molar-refractivity contribution in [2.24, 2.45) is 5.92 Å². The van der Waals surface area contributed by atoms with Crippen LogP contribution in [0.25, 0.3) is 21.8 Å². The van der Waals surface area contributed by atoms with E-state index in [2.05, 4.69) is 25.6 Å². The van der Waals surface area contributed by atoms with Crippen molar-refractivity contribution in [3.8, 4) is 33.3 Å². The maximum atomic E-state index is 13.0. The van der Waals surface area contributed by atoms with Gasteiger partial charge in [-0.2, -0.15) is 0 Å². The van der Waals surface area contributed by atoms with E-state index in [4.69, 9.17) is 14.5 Å². The van der Waals surface area contributed by atoms with E-state index in [0.717, 1.165) is 64.2 Å². The number of methoxy groups -OCH3 is 2. The summed E-state index contributed by atoms with van der Waals surface area (Å²) in [6.07, 6.45) is 4.10. The molecule has 9 heteroatoms. The lowest BCUT2D eigenvalue weighted by molar-refractivity contribution is -0.125. The van der Waals surface area contributed by atoms with Crippen molar-refractivity contribution in [1.82, 2.24) is 20.3 Å². The SMILES string of the molecule is COc1ccc(-c2cc(N3CCCC(C(=O)NCCc4csc(-c5ccc(OC)cc5)n4)C3)ncn2)cc1. The minimum absolute atomic E-state index is 0.0755. The Balaban J connectivity index is 1.14. The molecule has 2 aromatic carbocycles. The molecule has 1 N–H and O–H groups in total. The molecule has 8 nitrogen and oxygen atoms in total. The Labute approximate surface area is 226 Å². The van der Waals surface area contributed by atoms with E-state index in [-0.39, 0.29) is 11.8 Å². The molecule has 0 saturated carbocycles. The normalized spacial score (nSPS) is 15.2. The second kappa shape index (κ2) is 12.0. The van der Waals surface area contributed by atoms with Crippen LogP contribution in [0.15, 0.2) is 66.3 Å². The molecule has 3 heterocycles. The van der Waals surface area contributed by atoms with Crippen molar-refractivity contribution in [3.63, 3.8) is 0 Å². The van der Waals surface area contributed by atoms with Gasteiger partial charge in [-0.1, -0.05) is 0 Å². The number of benzene rings is 2. The number of anilines is 1. The third kappa shape index (κ3) is 6.11. The van der Waals surface area contributed by atoms with Gasteiger partial charge < -0.3 is 19.7 Å². The van der Waals surface area contributed by atoms with Crippen LogP contribution in [-0.4, -0.2) is 54.7 Å². The molecule has 196 valence electrons. The van der Waals surface area contributed by atoms with E-state index in [0.29, 0.717) is 19.5 Å². The zero-order valence-electron chi connectivity index (χ0n) is 21.6. The first kappa shape index (κ1) is 25.7. The van der Waals surface area contributed by atoms with E-state index >= 15 is 0 Å². The fraction of sp³-hybridized carbons (Fsp3) is 0.310. The van der Waals surface area contributed by atoms with Gasteiger partial charge in [-0.15, -0.1) is 11.3 Å². The molecule has 0 bridgehead atoms. The highest BCUT2D eigenvalue weighted by Crippen LogP contribution is 2.27. The first-order valence-electron chi connectivity index (χ1n) is 12.7. The fourth-order valence-electron chi connectivity index (χ4n) is 4.58. The summed E-state index contributed by atoms with van der Waals surface area (Å²) in [4.78, 5) is 28.9. The summed E-state index contributed by atoms with van der Waals surface area (Å²) in [6.45, 7) is 2.08. The van der Waals surface area contributed by atoms with Gasteiger partial charge in [0.15, 0.2) is 0 Å². The molecule has 38 heavy (non-hydrogen) atoms. The quantitative estimate of drug-likeness (QED) is 0.331. The van der Waals surface area contributed by atoms with Crippen LogP contribution in [0.3, 0.4) is 0 Å². The number of nitrogens with zero attached hydrogens (tertiary/aromatic N) is 4. The van der Waals surface area contributed by atoms with Gasteiger partial charge in [-0.05, 0) is 61.4 Å². The summed E-state index contributed by atoms with van der Waals surface area (Å²) in [5.41, 5.74) is 3.89. The molecule has 1 aliphatic rings. The van der Waals surface area contributed by atoms with Crippen molar-refractivity contribution in [3.05, 3.63) is 72.0 Å². The van der Waals surface area contributed by atoms with Gasteiger partial charge in [0.05, 0.1) is 31.5 Å². The predicted molar refractivity (Wildman–Crippen MR) is 150 cm³/mol. The first-order chi connectivity index (χ1) is 18.6. The molecule has 1 amide bonds. The molecule has 1 saturated heterocycles. The Morgan fingerprint density at radius 2 is 1.74 bits per heavy atom. The minimum Gasteiger partial charge on any atom is -0.497 e. The minimum atomic E-state index is -0.0755. The molecule has 1 atom stereocenters.